The van der Waals surface area contributed by atoms with E-state index < -0.39 is 15.1 Å². The summed E-state index contributed by atoms with van der Waals surface area (Å²) >= 11 is 0. The normalized spacial score (nSPS) is 12.2. The van der Waals surface area contributed by atoms with Crippen LogP contribution >= 0.6 is 0 Å². The van der Waals surface area contributed by atoms with Crippen LogP contribution < -0.4 is 10.1 Å². The van der Waals surface area contributed by atoms with E-state index in [9.17, 15) is 13.2 Å². The van der Waals surface area contributed by atoms with Crippen molar-refractivity contribution in [1.82, 2.24) is 15.3 Å². The van der Waals surface area contributed by atoms with Crippen molar-refractivity contribution >= 4 is 15.7 Å². The molecule has 144 valence electrons. The second-order valence-corrected chi connectivity index (χ2v) is 8.07. The minimum Gasteiger partial charge on any atom is -0.497 e. The van der Waals surface area contributed by atoms with Crippen LogP contribution in [0.1, 0.15) is 21.2 Å². The summed E-state index contributed by atoms with van der Waals surface area (Å²) in [6.45, 7) is -0.0960. The number of benzene rings is 1. The van der Waals surface area contributed by atoms with Gasteiger partial charge in [-0.3, -0.25) is 14.8 Å². The van der Waals surface area contributed by atoms with E-state index in [1.165, 1.54) is 37.8 Å². The summed E-state index contributed by atoms with van der Waals surface area (Å²) in [5.41, 5.74) is 0.898. The molecule has 8 heteroatoms. The van der Waals surface area contributed by atoms with Crippen LogP contribution in [-0.4, -0.2) is 37.9 Å². The number of hydrogen-bond donors (Lipinski definition) is 1. The fraction of sp³-hybridized carbons (Fsp3) is 0.150. The van der Waals surface area contributed by atoms with Gasteiger partial charge in [0.2, 0.25) is 0 Å². The van der Waals surface area contributed by atoms with Crippen LogP contribution in [0.5, 0.6) is 5.75 Å². The fourth-order valence-electron chi connectivity index (χ4n) is 2.69. The highest BCUT2D eigenvalue weighted by Gasteiger charge is 2.30. The first kappa shape index (κ1) is 19.5. The Morgan fingerprint density at radius 3 is 2.36 bits per heavy atom. The third-order valence-electron chi connectivity index (χ3n) is 4.21. The molecule has 1 amide bonds. The van der Waals surface area contributed by atoms with Crippen LogP contribution in [0.3, 0.4) is 0 Å². The van der Waals surface area contributed by atoms with Crippen molar-refractivity contribution in [2.45, 2.75) is 10.1 Å². The number of rotatable bonds is 7. The molecule has 0 aliphatic carbocycles. The molecular weight excluding hydrogens is 378 g/mol. The lowest BCUT2D eigenvalue weighted by atomic mass is 10.2. The van der Waals surface area contributed by atoms with Crippen LogP contribution in [0.15, 0.2) is 78.2 Å². The molecule has 0 saturated carbocycles. The topological polar surface area (TPSA) is 98.2 Å². The maximum Gasteiger partial charge on any atom is 0.251 e. The average Bonchev–Trinajstić information content (AvgIpc) is 2.75. The maximum atomic E-state index is 13.3. The summed E-state index contributed by atoms with van der Waals surface area (Å²) in [7, 11) is -2.27. The highest BCUT2D eigenvalue weighted by molar-refractivity contribution is 7.91. The van der Waals surface area contributed by atoms with E-state index in [-0.39, 0.29) is 17.3 Å². The van der Waals surface area contributed by atoms with Crippen molar-refractivity contribution in [3.05, 3.63) is 84.4 Å². The zero-order valence-electron chi connectivity index (χ0n) is 15.1. The van der Waals surface area contributed by atoms with Crippen LogP contribution in [0.2, 0.25) is 0 Å². The number of aromatic nitrogens is 2. The predicted octanol–water partition coefficient (Wildman–Crippen LogP) is 2.43. The minimum atomic E-state index is -3.78. The number of amides is 1. The molecule has 28 heavy (non-hydrogen) atoms. The van der Waals surface area contributed by atoms with Crippen molar-refractivity contribution in [1.29, 1.82) is 0 Å². The molecule has 3 rings (SSSR count). The zero-order valence-corrected chi connectivity index (χ0v) is 16.0. The zero-order chi connectivity index (χ0) is 20.0. The molecule has 0 fully saturated rings. The van der Waals surface area contributed by atoms with E-state index in [0.717, 1.165) is 0 Å². The molecule has 2 heterocycles. The molecule has 1 unspecified atom stereocenters. The van der Waals surface area contributed by atoms with E-state index in [2.05, 4.69) is 15.3 Å². The van der Waals surface area contributed by atoms with Crippen LogP contribution in [0, 0.1) is 0 Å². The summed E-state index contributed by atoms with van der Waals surface area (Å²) in [4.78, 5) is 20.4. The molecule has 0 aliphatic rings. The quantitative estimate of drug-likeness (QED) is 0.657. The Hall–Kier alpha value is -3.26. The first-order valence-corrected chi connectivity index (χ1v) is 10.0. The van der Waals surface area contributed by atoms with E-state index >= 15 is 0 Å². The number of carbonyl (C=O) groups excluding carboxylic acids is 1. The minimum absolute atomic E-state index is 0.0960. The lowest BCUT2D eigenvalue weighted by molar-refractivity contribution is 0.0953. The molecule has 0 saturated heterocycles. The van der Waals surface area contributed by atoms with Crippen molar-refractivity contribution in [2.24, 2.45) is 0 Å². The van der Waals surface area contributed by atoms with Gasteiger partial charge in [0.1, 0.15) is 11.0 Å². The summed E-state index contributed by atoms with van der Waals surface area (Å²) in [6.07, 6.45) is 6.06. The standard InChI is InChI=1S/C20H19N3O4S/c1-27-17-4-6-18(7-5-17)28(25,26)19(16-3-2-10-22-13-16)14-23-20(24)15-8-11-21-12-9-15/h2-13,19H,14H2,1H3,(H,23,24). The van der Waals surface area contributed by atoms with Gasteiger partial charge in [-0.25, -0.2) is 8.42 Å². The molecule has 1 atom stereocenters. The summed E-state index contributed by atoms with van der Waals surface area (Å²) < 4.78 is 31.6. The second-order valence-electron chi connectivity index (χ2n) is 5.94. The summed E-state index contributed by atoms with van der Waals surface area (Å²) in [5, 5.41) is 1.71. The Balaban J connectivity index is 1.89. The Morgan fingerprint density at radius 2 is 1.75 bits per heavy atom. The van der Waals surface area contributed by atoms with Gasteiger partial charge in [0.05, 0.1) is 12.0 Å². The van der Waals surface area contributed by atoms with Crippen LogP contribution in [0.25, 0.3) is 0 Å². The SMILES string of the molecule is COc1ccc(S(=O)(=O)C(CNC(=O)c2ccncc2)c2cccnc2)cc1. The summed E-state index contributed by atoms with van der Waals surface area (Å²) in [5.74, 6) is 0.184. The Kier molecular flexibility index (Phi) is 6.00. The molecule has 2 aromatic heterocycles. The van der Waals surface area contributed by atoms with Gasteiger partial charge < -0.3 is 10.1 Å². The van der Waals surface area contributed by atoms with Gasteiger partial charge in [0, 0.05) is 36.9 Å². The number of ether oxygens (including phenoxy) is 1. The molecule has 3 aromatic rings. The number of carbonyl (C=O) groups is 1. The van der Waals surface area contributed by atoms with Gasteiger partial charge in [0.15, 0.2) is 9.84 Å². The molecular formula is C20H19N3O4S. The number of nitrogens with zero attached hydrogens (tertiary/aromatic N) is 2. The number of pyridine rings is 2. The van der Waals surface area contributed by atoms with Crippen LogP contribution in [-0.2, 0) is 9.84 Å². The third kappa shape index (κ3) is 4.34. The molecule has 7 nitrogen and oxygen atoms in total. The highest BCUT2D eigenvalue weighted by Crippen LogP contribution is 2.29. The van der Waals surface area contributed by atoms with Gasteiger partial charge in [0.25, 0.3) is 5.91 Å². The molecule has 0 bridgehead atoms. The van der Waals surface area contributed by atoms with E-state index in [1.54, 1.807) is 42.6 Å². The molecule has 0 spiro atoms. The van der Waals surface area contributed by atoms with Gasteiger partial charge in [-0.2, -0.15) is 0 Å². The number of nitrogens with one attached hydrogen (secondary N) is 1. The molecule has 1 aromatic carbocycles. The van der Waals surface area contributed by atoms with Crippen molar-refractivity contribution in [3.63, 3.8) is 0 Å². The highest BCUT2D eigenvalue weighted by atomic mass is 32.2. The van der Waals surface area contributed by atoms with Crippen LogP contribution in [0.4, 0.5) is 0 Å². The van der Waals surface area contributed by atoms with E-state index in [4.69, 9.17) is 4.74 Å². The number of sulfone groups is 1. The lowest BCUT2D eigenvalue weighted by Gasteiger charge is -2.19. The first-order valence-electron chi connectivity index (χ1n) is 8.48. The maximum absolute atomic E-state index is 13.3. The molecule has 0 radical (unpaired) electrons. The second kappa shape index (κ2) is 8.62. The lowest BCUT2D eigenvalue weighted by Crippen LogP contribution is -2.32. The molecule has 1 N–H and O–H groups in total. The Bertz CT molecular complexity index is 1020. The summed E-state index contributed by atoms with van der Waals surface area (Å²) in [6, 6.07) is 12.6. The van der Waals surface area contributed by atoms with E-state index in [0.29, 0.717) is 16.9 Å². The van der Waals surface area contributed by atoms with E-state index in [1.807, 2.05) is 0 Å². The smallest absolute Gasteiger partial charge is 0.251 e. The van der Waals surface area contributed by atoms with Gasteiger partial charge in [-0.1, -0.05) is 6.07 Å². The Morgan fingerprint density at radius 1 is 1.04 bits per heavy atom. The van der Waals surface area contributed by atoms with Crippen molar-refractivity contribution < 1.29 is 17.9 Å². The monoisotopic (exact) mass is 397 g/mol. The first-order chi connectivity index (χ1) is 13.5. The average molecular weight is 397 g/mol. The van der Waals surface area contributed by atoms with Gasteiger partial charge >= 0.3 is 0 Å². The van der Waals surface area contributed by atoms with Crippen molar-refractivity contribution in [3.8, 4) is 5.75 Å². The predicted molar refractivity (Wildman–Crippen MR) is 104 cm³/mol. The van der Waals surface area contributed by atoms with Gasteiger partial charge in [-0.05, 0) is 48.0 Å². The Labute approximate surface area is 163 Å². The molecule has 0 aliphatic heterocycles. The number of methoxy groups -OCH3 is 1. The van der Waals surface area contributed by atoms with Crippen molar-refractivity contribution in [2.75, 3.05) is 13.7 Å². The van der Waals surface area contributed by atoms with Gasteiger partial charge in [-0.15, -0.1) is 0 Å². The number of hydrogen-bond acceptors (Lipinski definition) is 6. The third-order valence-corrected chi connectivity index (χ3v) is 6.33. The largest absolute Gasteiger partial charge is 0.497 e. The fourth-order valence-corrected chi connectivity index (χ4v) is 4.34.